The van der Waals surface area contributed by atoms with Crippen LogP contribution in [0.1, 0.15) is 24.2 Å². The van der Waals surface area contributed by atoms with Crippen molar-refractivity contribution in [3.8, 4) is 0 Å². The van der Waals surface area contributed by atoms with Crippen LogP contribution in [-0.2, 0) is 6.54 Å². The van der Waals surface area contributed by atoms with Gasteiger partial charge in [-0.2, -0.15) is 0 Å². The predicted octanol–water partition coefficient (Wildman–Crippen LogP) is 4.24. The molecule has 0 fully saturated rings. The number of rotatable bonds is 4. The first-order valence-corrected chi connectivity index (χ1v) is 6.51. The Bertz CT molecular complexity index is 494. The van der Waals surface area contributed by atoms with E-state index in [4.69, 9.17) is 23.2 Å². The van der Waals surface area contributed by atoms with Crippen LogP contribution in [0.3, 0.4) is 0 Å². The lowest BCUT2D eigenvalue weighted by atomic mass is 10.1. The second-order valence-corrected chi connectivity index (χ2v) is 4.87. The molecule has 18 heavy (non-hydrogen) atoms. The van der Waals surface area contributed by atoms with Crippen LogP contribution in [0.4, 0.5) is 0 Å². The summed E-state index contributed by atoms with van der Waals surface area (Å²) in [5, 5.41) is 4.73. The molecule has 0 aliphatic rings. The zero-order chi connectivity index (χ0) is 13.0. The molecule has 0 amide bonds. The van der Waals surface area contributed by atoms with Gasteiger partial charge in [0, 0.05) is 34.4 Å². The van der Waals surface area contributed by atoms with Crippen LogP contribution in [-0.4, -0.2) is 4.98 Å². The molecule has 0 spiro atoms. The van der Waals surface area contributed by atoms with Crippen molar-refractivity contribution in [3.05, 3.63) is 63.9 Å². The highest BCUT2D eigenvalue weighted by Gasteiger charge is 2.09. The molecule has 1 heterocycles. The van der Waals surface area contributed by atoms with Crippen molar-refractivity contribution >= 4 is 23.2 Å². The van der Waals surface area contributed by atoms with Crippen LogP contribution in [0.15, 0.2) is 42.6 Å². The third kappa shape index (κ3) is 3.22. The first-order valence-electron chi connectivity index (χ1n) is 5.75. The fourth-order valence-electron chi connectivity index (χ4n) is 1.69. The SMILES string of the molecule is CC(NCc1c(Cl)cccc1Cl)c1ccccn1. The lowest BCUT2D eigenvalue weighted by Gasteiger charge is -2.14. The van der Waals surface area contributed by atoms with Gasteiger partial charge in [0.25, 0.3) is 0 Å². The summed E-state index contributed by atoms with van der Waals surface area (Å²) in [6.07, 6.45) is 1.79. The van der Waals surface area contributed by atoms with Gasteiger partial charge in [-0.15, -0.1) is 0 Å². The van der Waals surface area contributed by atoms with E-state index in [1.807, 2.05) is 36.4 Å². The molecule has 4 heteroatoms. The highest BCUT2D eigenvalue weighted by Crippen LogP contribution is 2.24. The maximum atomic E-state index is 6.12. The van der Waals surface area contributed by atoms with Crippen molar-refractivity contribution in [1.82, 2.24) is 10.3 Å². The van der Waals surface area contributed by atoms with Gasteiger partial charge in [0.2, 0.25) is 0 Å². The minimum Gasteiger partial charge on any atom is -0.305 e. The molecule has 94 valence electrons. The Balaban J connectivity index is 2.04. The Labute approximate surface area is 117 Å². The van der Waals surface area contributed by atoms with E-state index >= 15 is 0 Å². The summed E-state index contributed by atoms with van der Waals surface area (Å²) in [6, 6.07) is 11.6. The van der Waals surface area contributed by atoms with Gasteiger partial charge in [-0.1, -0.05) is 35.3 Å². The van der Waals surface area contributed by atoms with Crippen molar-refractivity contribution in [3.63, 3.8) is 0 Å². The maximum absolute atomic E-state index is 6.12. The van der Waals surface area contributed by atoms with Crippen LogP contribution >= 0.6 is 23.2 Å². The molecule has 2 nitrogen and oxygen atoms in total. The van der Waals surface area contributed by atoms with E-state index in [9.17, 15) is 0 Å². The summed E-state index contributed by atoms with van der Waals surface area (Å²) in [5.74, 6) is 0. The fraction of sp³-hybridized carbons (Fsp3) is 0.214. The number of hydrogen-bond donors (Lipinski definition) is 1. The Hall–Kier alpha value is -1.09. The molecule has 1 unspecified atom stereocenters. The van der Waals surface area contributed by atoms with E-state index in [1.54, 1.807) is 6.20 Å². The van der Waals surface area contributed by atoms with Crippen LogP contribution < -0.4 is 5.32 Å². The van der Waals surface area contributed by atoms with Gasteiger partial charge in [-0.25, -0.2) is 0 Å². The second kappa shape index (κ2) is 6.19. The molecule has 1 N–H and O–H groups in total. The standard InChI is InChI=1S/C14H14Cl2N2/c1-10(14-7-2-3-8-17-14)18-9-11-12(15)5-4-6-13(11)16/h2-8,10,18H,9H2,1H3. The van der Waals surface area contributed by atoms with E-state index in [0.717, 1.165) is 11.3 Å². The number of benzene rings is 1. The first-order chi connectivity index (χ1) is 8.68. The number of pyridine rings is 1. The number of nitrogens with one attached hydrogen (secondary N) is 1. The normalized spacial score (nSPS) is 12.4. The molecule has 1 aromatic carbocycles. The highest BCUT2D eigenvalue weighted by atomic mass is 35.5. The summed E-state index contributed by atoms with van der Waals surface area (Å²) in [7, 11) is 0. The van der Waals surface area contributed by atoms with Crippen LogP contribution in [0.2, 0.25) is 10.0 Å². The Morgan fingerprint density at radius 2 is 1.83 bits per heavy atom. The molecule has 0 aliphatic heterocycles. The van der Waals surface area contributed by atoms with Crippen molar-refractivity contribution < 1.29 is 0 Å². The number of hydrogen-bond acceptors (Lipinski definition) is 2. The smallest absolute Gasteiger partial charge is 0.0570 e. The molecule has 0 bridgehead atoms. The summed E-state index contributed by atoms with van der Waals surface area (Å²) < 4.78 is 0. The first kappa shape index (κ1) is 13.3. The fourth-order valence-corrected chi connectivity index (χ4v) is 2.22. The Morgan fingerprint density at radius 1 is 1.11 bits per heavy atom. The monoisotopic (exact) mass is 280 g/mol. The van der Waals surface area contributed by atoms with Crippen molar-refractivity contribution in [2.45, 2.75) is 19.5 Å². The molecule has 0 saturated carbocycles. The highest BCUT2D eigenvalue weighted by molar-refractivity contribution is 6.35. The average Bonchev–Trinajstić information content (AvgIpc) is 2.39. The minimum atomic E-state index is 0.151. The molecule has 0 aliphatic carbocycles. The molecule has 0 radical (unpaired) electrons. The van der Waals surface area contributed by atoms with Crippen molar-refractivity contribution in [2.75, 3.05) is 0 Å². The third-order valence-corrected chi connectivity index (χ3v) is 3.49. The second-order valence-electron chi connectivity index (χ2n) is 4.06. The van der Waals surface area contributed by atoms with Crippen molar-refractivity contribution in [2.24, 2.45) is 0 Å². The largest absolute Gasteiger partial charge is 0.305 e. The summed E-state index contributed by atoms with van der Waals surface area (Å²) in [4.78, 5) is 4.31. The molecular formula is C14H14Cl2N2. The van der Waals surface area contributed by atoms with Gasteiger partial charge in [0.05, 0.1) is 5.69 Å². The van der Waals surface area contributed by atoms with Crippen molar-refractivity contribution in [1.29, 1.82) is 0 Å². The van der Waals surface area contributed by atoms with Crippen LogP contribution in [0.25, 0.3) is 0 Å². The molecule has 2 aromatic rings. The molecule has 1 atom stereocenters. The maximum Gasteiger partial charge on any atom is 0.0570 e. The zero-order valence-corrected chi connectivity index (χ0v) is 11.5. The predicted molar refractivity (Wildman–Crippen MR) is 76.0 cm³/mol. The summed E-state index contributed by atoms with van der Waals surface area (Å²) >= 11 is 12.2. The number of halogens is 2. The van der Waals surface area contributed by atoms with E-state index in [-0.39, 0.29) is 6.04 Å². The molecule has 1 aromatic heterocycles. The van der Waals surface area contributed by atoms with Gasteiger partial charge in [0.1, 0.15) is 0 Å². The van der Waals surface area contributed by atoms with Gasteiger partial charge in [0.15, 0.2) is 0 Å². The van der Waals surface area contributed by atoms with E-state index in [1.165, 1.54) is 0 Å². The molecule has 2 rings (SSSR count). The number of aromatic nitrogens is 1. The number of nitrogens with zero attached hydrogens (tertiary/aromatic N) is 1. The lowest BCUT2D eigenvalue weighted by Crippen LogP contribution is -2.19. The van der Waals surface area contributed by atoms with Gasteiger partial charge in [-0.05, 0) is 31.2 Å². The average molecular weight is 281 g/mol. The summed E-state index contributed by atoms with van der Waals surface area (Å²) in [6.45, 7) is 2.68. The topological polar surface area (TPSA) is 24.9 Å². The van der Waals surface area contributed by atoms with Crippen LogP contribution in [0.5, 0.6) is 0 Å². The summed E-state index contributed by atoms with van der Waals surface area (Å²) in [5.41, 5.74) is 1.92. The van der Waals surface area contributed by atoms with Gasteiger partial charge < -0.3 is 5.32 Å². The molecule has 0 saturated heterocycles. The molecular weight excluding hydrogens is 267 g/mol. The minimum absolute atomic E-state index is 0.151. The van der Waals surface area contributed by atoms with E-state index < -0.39 is 0 Å². The zero-order valence-electron chi connectivity index (χ0n) is 10.0. The third-order valence-electron chi connectivity index (χ3n) is 2.78. The van der Waals surface area contributed by atoms with Crippen LogP contribution in [0, 0.1) is 0 Å². The van der Waals surface area contributed by atoms with E-state index in [0.29, 0.717) is 16.6 Å². The van der Waals surface area contributed by atoms with E-state index in [2.05, 4.69) is 17.2 Å². The van der Waals surface area contributed by atoms with Gasteiger partial charge >= 0.3 is 0 Å². The Kier molecular flexibility index (Phi) is 4.59. The Morgan fingerprint density at radius 3 is 2.44 bits per heavy atom. The van der Waals surface area contributed by atoms with Gasteiger partial charge in [-0.3, -0.25) is 4.98 Å². The lowest BCUT2D eigenvalue weighted by molar-refractivity contribution is 0.562. The quantitative estimate of drug-likeness (QED) is 0.906.